The van der Waals surface area contributed by atoms with Crippen molar-refractivity contribution in [2.24, 2.45) is 0 Å². The van der Waals surface area contributed by atoms with Crippen LogP contribution in [0.5, 0.6) is 0 Å². The van der Waals surface area contributed by atoms with Crippen molar-refractivity contribution in [1.82, 2.24) is 0 Å². The zero-order chi connectivity index (χ0) is 15.8. The standard InChI is InChI=1S/C14H10O4.C2H6O/c15-13(16)11-8-4-7-10(12(11)14(17)18)9-5-2-1-3-6-9;1-2-3/h1-8H,(H,15,16)(H,17,18);3H,2H2,1H3. The van der Waals surface area contributed by atoms with Crippen molar-refractivity contribution in [2.75, 3.05) is 6.61 Å². The molecule has 0 heterocycles. The minimum Gasteiger partial charge on any atom is -0.478 e. The van der Waals surface area contributed by atoms with E-state index < -0.39 is 11.9 Å². The Hall–Kier alpha value is -2.66. The van der Waals surface area contributed by atoms with Crippen molar-refractivity contribution >= 4 is 11.9 Å². The Morgan fingerprint density at radius 2 is 1.48 bits per heavy atom. The maximum Gasteiger partial charge on any atom is 0.337 e. The van der Waals surface area contributed by atoms with Crippen LogP contribution in [0.2, 0.25) is 0 Å². The van der Waals surface area contributed by atoms with Crippen molar-refractivity contribution < 1.29 is 24.9 Å². The molecule has 0 fully saturated rings. The van der Waals surface area contributed by atoms with Gasteiger partial charge in [-0.1, -0.05) is 42.5 Å². The Morgan fingerprint density at radius 3 is 1.95 bits per heavy atom. The molecule has 0 bridgehead atoms. The van der Waals surface area contributed by atoms with E-state index in [-0.39, 0.29) is 17.7 Å². The van der Waals surface area contributed by atoms with E-state index in [1.165, 1.54) is 12.1 Å². The van der Waals surface area contributed by atoms with Crippen LogP contribution >= 0.6 is 0 Å². The van der Waals surface area contributed by atoms with Gasteiger partial charge in [-0.2, -0.15) is 0 Å². The summed E-state index contributed by atoms with van der Waals surface area (Å²) in [7, 11) is 0. The zero-order valence-electron chi connectivity index (χ0n) is 11.5. The molecule has 3 N–H and O–H groups in total. The van der Waals surface area contributed by atoms with E-state index in [1.807, 2.05) is 6.07 Å². The molecule has 21 heavy (non-hydrogen) atoms. The van der Waals surface area contributed by atoms with Crippen molar-refractivity contribution in [2.45, 2.75) is 6.92 Å². The number of carbonyl (C=O) groups is 2. The zero-order valence-corrected chi connectivity index (χ0v) is 11.5. The third-order valence-electron chi connectivity index (χ3n) is 2.59. The smallest absolute Gasteiger partial charge is 0.337 e. The highest BCUT2D eigenvalue weighted by Crippen LogP contribution is 2.26. The molecule has 110 valence electrons. The van der Waals surface area contributed by atoms with Crippen LogP contribution in [0.1, 0.15) is 27.6 Å². The highest BCUT2D eigenvalue weighted by Gasteiger charge is 2.20. The van der Waals surface area contributed by atoms with Gasteiger partial charge in [0.25, 0.3) is 0 Å². The summed E-state index contributed by atoms with van der Waals surface area (Å²) < 4.78 is 0. The quantitative estimate of drug-likeness (QED) is 0.807. The van der Waals surface area contributed by atoms with E-state index in [2.05, 4.69) is 0 Å². The molecule has 2 aromatic carbocycles. The lowest BCUT2D eigenvalue weighted by Gasteiger charge is -2.08. The predicted molar refractivity (Wildman–Crippen MR) is 78.6 cm³/mol. The first-order chi connectivity index (χ1) is 10.0. The Morgan fingerprint density at radius 1 is 0.905 bits per heavy atom. The topological polar surface area (TPSA) is 94.8 Å². The number of hydrogen-bond donors (Lipinski definition) is 3. The molecule has 0 aromatic heterocycles. The molecule has 0 aliphatic carbocycles. The Labute approximate surface area is 122 Å². The van der Waals surface area contributed by atoms with Gasteiger partial charge in [0, 0.05) is 6.61 Å². The molecule has 0 saturated heterocycles. The number of carboxylic acids is 2. The first kappa shape index (κ1) is 16.4. The average molecular weight is 288 g/mol. The lowest BCUT2D eigenvalue weighted by molar-refractivity contribution is 0.0652. The highest BCUT2D eigenvalue weighted by atomic mass is 16.4. The lowest BCUT2D eigenvalue weighted by Crippen LogP contribution is -2.09. The van der Waals surface area contributed by atoms with Crippen LogP contribution in [0, 0.1) is 0 Å². The fraction of sp³-hybridized carbons (Fsp3) is 0.125. The van der Waals surface area contributed by atoms with E-state index in [0.717, 1.165) is 0 Å². The molecule has 0 spiro atoms. The summed E-state index contributed by atoms with van der Waals surface area (Å²) in [6.45, 7) is 1.93. The number of hydrogen-bond acceptors (Lipinski definition) is 3. The van der Waals surface area contributed by atoms with E-state index >= 15 is 0 Å². The van der Waals surface area contributed by atoms with E-state index in [0.29, 0.717) is 11.1 Å². The fourth-order valence-electron chi connectivity index (χ4n) is 1.82. The number of rotatable bonds is 3. The van der Waals surface area contributed by atoms with Gasteiger partial charge in [0.05, 0.1) is 11.1 Å². The SMILES string of the molecule is CCO.O=C(O)c1cccc(-c2ccccc2)c1C(=O)O. The molecule has 0 saturated carbocycles. The molecule has 0 unspecified atom stereocenters. The molecular weight excluding hydrogens is 272 g/mol. The van der Waals surface area contributed by atoms with Crippen LogP contribution < -0.4 is 0 Å². The summed E-state index contributed by atoms with van der Waals surface area (Å²) in [4.78, 5) is 22.3. The van der Waals surface area contributed by atoms with Crippen LogP contribution in [-0.2, 0) is 0 Å². The number of aliphatic hydroxyl groups is 1. The normalized spacial score (nSPS) is 9.43. The molecule has 2 rings (SSSR count). The summed E-state index contributed by atoms with van der Waals surface area (Å²) >= 11 is 0. The molecule has 0 radical (unpaired) electrons. The molecule has 2 aromatic rings. The van der Waals surface area contributed by atoms with Crippen molar-refractivity contribution in [3.8, 4) is 11.1 Å². The third kappa shape index (κ3) is 4.15. The Bertz CT molecular complexity index is 620. The second-order valence-electron chi connectivity index (χ2n) is 4.02. The maximum absolute atomic E-state index is 11.3. The summed E-state index contributed by atoms with van der Waals surface area (Å²) in [6.07, 6.45) is 0. The van der Waals surface area contributed by atoms with Gasteiger partial charge in [-0.3, -0.25) is 0 Å². The highest BCUT2D eigenvalue weighted by molar-refractivity contribution is 6.06. The first-order valence-electron chi connectivity index (χ1n) is 6.28. The molecule has 0 atom stereocenters. The lowest BCUT2D eigenvalue weighted by atomic mass is 9.95. The van der Waals surface area contributed by atoms with Crippen LogP contribution in [-0.4, -0.2) is 33.9 Å². The van der Waals surface area contributed by atoms with Gasteiger partial charge in [-0.25, -0.2) is 9.59 Å². The largest absolute Gasteiger partial charge is 0.478 e. The Balaban J connectivity index is 0.000000677. The second kappa shape index (κ2) is 7.81. The molecular formula is C16H16O5. The van der Waals surface area contributed by atoms with Crippen LogP contribution in [0.4, 0.5) is 0 Å². The average Bonchev–Trinajstić information content (AvgIpc) is 2.48. The second-order valence-corrected chi connectivity index (χ2v) is 4.02. The summed E-state index contributed by atoms with van der Waals surface area (Å²) in [5.74, 6) is -2.49. The van der Waals surface area contributed by atoms with E-state index in [1.54, 1.807) is 37.3 Å². The summed E-state index contributed by atoms with van der Waals surface area (Å²) in [5, 5.41) is 25.8. The van der Waals surface area contributed by atoms with Gasteiger partial charge in [0.1, 0.15) is 0 Å². The predicted octanol–water partition coefficient (Wildman–Crippen LogP) is 2.75. The van der Waals surface area contributed by atoms with Gasteiger partial charge in [0.15, 0.2) is 0 Å². The third-order valence-corrected chi connectivity index (χ3v) is 2.59. The van der Waals surface area contributed by atoms with Crippen molar-refractivity contribution in [1.29, 1.82) is 0 Å². The molecule has 0 aliphatic heterocycles. The molecule has 5 heteroatoms. The van der Waals surface area contributed by atoms with Crippen LogP contribution in [0.15, 0.2) is 48.5 Å². The van der Waals surface area contributed by atoms with Crippen LogP contribution in [0.3, 0.4) is 0 Å². The summed E-state index contributed by atoms with van der Waals surface area (Å²) in [5.41, 5.74) is 0.695. The Kier molecular flexibility index (Phi) is 6.10. The van der Waals surface area contributed by atoms with E-state index in [4.69, 9.17) is 10.2 Å². The molecule has 0 amide bonds. The fourth-order valence-corrected chi connectivity index (χ4v) is 1.82. The number of carboxylic acid groups (broad SMARTS) is 2. The van der Waals surface area contributed by atoms with Gasteiger partial charge in [-0.15, -0.1) is 0 Å². The first-order valence-corrected chi connectivity index (χ1v) is 6.28. The maximum atomic E-state index is 11.3. The van der Waals surface area contributed by atoms with Crippen molar-refractivity contribution in [3.05, 3.63) is 59.7 Å². The molecule has 5 nitrogen and oxygen atoms in total. The van der Waals surface area contributed by atoms with Gasteiger partial charge >= 0.3 is 11.9 Å². The minimum absolute atomic E-state index is 0.184. The van der Waals surface area contributed by atoms with E-state index in [9.17, 15) is 14.7 Å². The van der Waals surface area contributed by atoms with Crippen LogP contribution in [0.25, 0.3) is 11.1 Å². The van der Waals surface area contributed by atoms with Gasteiger partial charge < -0.3 is 15.3 Å². The molecule has 0 aliphatic rings. The van der Waals surface area contributed by atoms with Gasteiger partial charge in [-0.05, 0) is 24.1 Å². The monoisotopic (exact) mass is 288 g/mol. The minimum atomic E-state index is -1.25. The number of aromatic carboxylic acids is 2. The number of aliphatic hydroxyl groups excluding tert-OH is 1. The van der Waals surface area contributed by atoms with Crippen molar-refractivity contribution in [3.63, 3.8) is 0 Å². The van der Waals surface area contributed by atoms with Gasteiger partial charge in [0.2, 0.25) is 0 Å². The summed E-state index contributed by atoms with van der Waals surface area (Å²) in [6, 6.07) is 13.3. The number of benzene rings is 2.